The Balaban J connectivity index is 1.74. The van der Waals surface area contributed by atoms with Gasteiger partial charge in [0, 0.05) is 31.2 Å². The van der Waals surface area contributed by atoms with Crippen LogP contribution < -0.4 is 19.1 Å². The van der Waals surface area contributed by atoms with Crippen LogP contribution >= 0.6 is 0 Å². The van der Waals surface area contributed by atoms with Gasteiger partial charge < -0.3 is 14.4 Å². The number of piperidine rings is 1. The Hall–Kier alpha value is -1.90. The lowest BCUT2D eigenvalue weighted by atomic mass is 9.93. The standard InChI is InChI=1S/C18H25N3O4S/c1-24-16-11-14-4-7-19-18(15(14)12-17(16)25-2)21-9-5-13(6-10-21)3-8-20-26(22)23/h4,7,11-13,20H,3,5-6,8-10H2,1-2H3,(H,22,23). The van der Waals surface area contributed by atoms with Crippen LogP contribution in [0.25, 0.3) is 10.8 Å². The van der Waals surface area contributed by atoms with Gasteiger partial charge in [0.2, 0.25) is 11.3 Å². The Bertz CT molecular complexity index is 778. The lowest BCUT2D eigenvalue weighted by Crippen LogP contribution is -2.35. The number of fused-ring (bicyclic) bond motifs is 1. The molecule has 3 rings (SSSR count). The van der Waals surface area contributed by atoms with Gasteiger partial charge in [0.25, 0.3) is 0 Å². The number of rotatable bonds is 7. The number of nitrogens with zero attached hydrogens (tertiary/aromatic N) is 2. The zero-order chi connectivity index (χ0) is 18.5. The third kappa shape index (κ3) is 4.25. The lowest BCUT2D eigenvalue weighted by molar-refractivity contribution is 0.356. The summed E-state index contributed by atoms with van der Waals surface area (Å²) in [5, 5.41) is 2.13. The Morgan fingerprint density at radius 3 is 2.62 bits per heavy atom. The molecule has 0 spiro atoms. The third-order valence-electron chi connectivity index (χ3n) is 4.94. The van der Waals surface area contributed by atoms with Crippen molar-refractivity contribution < 1.29 is 18.2 Å². The molecule has 1 aliphatic heterocycles. The summed E-state index contributed by atoms with van der Waals surface area (Å²) in [5.74, 6) is 2.94. The van der Waals surface area contributed by atoms with E-state index in [2.05, 4.69) is 14.6 Å². The highest BCUT2D eigenvalue weighted by Crippen LogP contribution is 2.36. The van der Waals surface area contributed by atoms with Crippen molar-refractivity contribution in [2.75, 3.05) is 38.8 Å². The number of pyridine rings is 1. The van der Waals surface area contributed by atoms with E-state index in [4.69, 9.17) is 14.0 Å². The van der Waals surface area contributed by atoms with Gasteiger partial charge in [0.05, 0.1) is 14.2 Å². The van der Waals surface area contributed by atoms with Crippen molar-refractivity contribution in [1.29, 1.82) is 0 Å². The summed E-state index contributed by atoms with van der Waals surface area (Å²) < 4.78 is 32.8. The highest BCUT2D eigenvalue weighted by Gasteiger charge is 2.22. The van der Waals surface area contributed by atoms with E-state index >= 15 is 0 Å². The van der Waals surface area contributed by atoms with Crippen LogP contribution in [0.15, 0.2) is 24.4 Å². The first-order valence-corrected chi connectivity index (χ1v) is 9.83. The fourth-order valence-corrected chi connectivity index (χ4v) is 3.81. The van der Waals surface area contributed by atoms with Gasteiger partial charge in [0.1, 0.15) is 5.82 Å². The molecule has 2 aromatic rings. The molecule has 1 aromatic heterocycles. The van der Waals surface area contributed by atoms with Crippen molar-refractivity contribution in [1.82, 2.24) is 9.71 Å². The van der Waals surface area contributed by atoms with Crippen LogP contribution in [-0.4, -0.2) is 47.6 Å². The van der Waals surface area contributed by atoms with E-state index in [0.29, 0.717) is 24.0 Å². The topological polar surface area (TPSA) is 83.9 Å². The Morgan fingerprint density at radius 2 is 1.96 bits per heavy atom. The van der Waals surface area contributed by atoms with Crippen LogP contribution in [0.2, 0.25) is 0 Å². The molecule has 2 heterocycles. The van der Waals surface area contributed by atoms with Gasteiger partial charge in [0.15, 0.2) is 11.5 Å². The molecule has 0 amide bonds. The van der Waals surface area contributed by atoms with Crippen LogP contribution in [0.4, 0.5) is 5.82 Å². The molecule has 1 saturated heterocycles. The second kappa shape index (κ2) is 8.66. The quantitative estimate of drug-likeness (QED) is 0.720. The van der Waals surface area contributed by atoms with Crippen LogP contribution in [0.3, 0.4) is 0 Å². The molecule has 0 aliphatic carbocycles. The molecule has 7 nitrogen and oxygen atoms in total. The molecule has 0 radical (unpaired) electrons. The number of ether oxygens (including phenoxy) is 2. The van der Waals surface area contributed by atoms with Crippen molar-refractivity contribution >= 4 is 27.9 Å². The minimum atomic E-state index is -1.92. The fraction of sp³-hybridized carbons (Fsp3) is 0.500. The first-order chi connectivity index (χ1) is 12.6. The maximum absolute atomic E-state index is 10.7. The predicted molar refractivity (Wildman–Crippen MR) is 103 cm³/mol. The minimum absolute atomic E-state index is 0.562. The normalized spacial score (nSPS) is 16.7. The largest absolute Gasteiger partial charge is 0.493 e. The maximum atomic E-state index is 10.7. The number of nitrogens with one attached hydrogen (secondary N) is 1. The number of methoxy groups -OCH3 is 2. The van der Waals surface area contributed by atoms with Crippen LogP contribution in [0, 0.1) is 5.92 Å². The second-order valence-electron chi connectivity index (χ2n) is 6.43. The molecule has 26 heavy (non-hydrogen) atoms. The third-order valence-corrected chi connectivity index (χ3v) is 5.39. The molecule has 8 heteroatoms. The molecular formula is C18H25N3O4S. The monoisotopic (exact) mass is 379 g/mol. The van der Waals surface area contributed by atoms with E-state index in [1.807, 2.05) is 24.4 Å². The van der Waals surface area contributed by atoms with E-state index < -0.39 is 11.3 Å². The van der Waals surface area contributed by atoms with Gasteiger partial charge in [-0.25, -0.2) is 13.9 Å². The van der Waals surface area contributed by atoms with Crippen molar-refractivity contribution in [3.63, 3.8) is 0 Å². The summed E-state index contributed by atoms with van der Waals surface area (Å²) in [7, 11) is 3.27. The van der Waals surface area contributed by atoms with Crippen LogP contribution in [-0.2, 0) is 11.3 Å². The maximum Gasteiger partial charge on any atom is 0.231 e. The van der Waals surface area contributed by atoms with E-state index in [1.54, 1.807) is 14.2 Å². The van der Waals surface area contributed by atoms with Gasteiger partial charge in [-0.1, -0.05) is 0 Å². The average molecular weight is 379 g/mol. The number of benzene rings is 1. The fourth-order valence-electron chi connectivity index (χ4n) is 3.52. The summed E-state index contributed by atoms with van der Waals surface area (Å²) in [6.45, 7) is 2.41. The van der Waals surface area contributed by atoms with E-state index in [1.165, 1.54) is 0 Å². The molecule has 1 aromatic carbocycles. The summed E-state index contributed by atoms with van der Waals surface area (Å²) >= 11 is -1.92. The SMILES string of the molecule is COc1cc2ccnc(N3CCC(CCNS(=O)O)CC3)c2cc1OC. The van der Waals surface area contributed by atoms with E-state index in [0.717, 1.165) is 48.9 Å². The highest BCUT2D eigenvalue weighted by atomic mass is 32.2. The highest BCUT2D eigenvalue weighted by molar-refractivity contribution is 7.77. The summed E-state index contributed by atoms with van der Waals surface area (Å²) in [6.07, 6.45) is 4.83. The molecule has 142 valence electrons. The molecule has 0 saturated carbocycles. The molecule has 0 bridgehead atoms. The van der Waals surface area contributed by atoms with Crippen molar-refractivity contribution in [2.45, 2.75) is 19.3 Å². The Kier molecular flexibility index (Phi) is 6.29. The summed E-state index contributed by atoms with van der Waals surface area (Å²) in [4.78, 5) is 6.92. The van der Waals surface area contributed by atoms with Gasteiger partial charge in [-0.05, 0) is 48.8 Å². The summed E-state index contributed by atoms with van der Waals surface area (Å²) in [6, 6.07) is 5.95. The number of hydrogen-bond donors (Lipinski definition) is 2. The second-order valence-corrected chi connectivity index (χ2v) is 7.21. The predicted octanol–water partition coefficient (Wildman–Crippen LogP) is 2.58. The smallest absolute Gasteiger partial charge is 0.231 e. The number of aromatic nitrogens is 1. The average Bonchev–Trinajstić information content (AvgIpc) is 2.66. The van der Waals surface area contributed by atoms with Gasteiger partial charge in [-0.2, -0.15) is 0 Å². The molecular weight excluding hydrogens is 354 g/mol. The van der Waals surface area contributed by atoms with Crippen molar-refractivity contribution in [3.8, 4) is 11.5 Å². The number of anilines is 1. The molecule has 1 fully saturated rings. The van der Waals surface area contributed by atoms with E-state index in [-0.39, 0.29) is 0 Å². The van der Waals surface area contributed by atoms with Crippen molar-refractivity contribution in [3.05, 3.63) is 24.4 Å². The zero-order valence-electron chi connectivity index (χ0n) is 15.1. The number of hydrogen-bond acceptors (Lipinski definition) is 5. The molecule has 2 N–H and O–H groups in total. The Labute approximate surface area is 156 Å². The van der Waals surface area contributed by atoms with Crippen molar-refractivity contribution in [2.24, 2.45) is 5.92 Å². The van der Waals surface area contributed by atoms with Gasteiger partial charge >= 0.3 is 0 Å². The molecule has 1 aliphatic rings. The van der Waals surface area contributed by atoms with Gasteiger partial charge in [-0.3, -0.25) is 4.55 Å². The first kappa shape index (κ1) is 18.9. The zero-order valence-corrected chi connectivity index (χ0v) is 15.9. The van der Waals surface area contributed by atoms with Crippen LogP contribution in [0.1, 0.15) is 19.3 Å². The minimum Gasteiger partial charge on any atom is -0.493 e. The molecule has 1 unspecified atom stereocenters. The van der Waals surface area contributed by atoms with Gasteiger partial charge in [-0.15, -0.1) is 0 Å². The molecule has 1 atom stereocenters. The van der Waals surface area contributed by atoms with E-state index in [9.17, 15) is 4.21 Å². The van der Waals surface area contributed by atoms with Crippen LogP contribution in [0.5, 0.6) is 11.5 Å². The summed E-state index contributed by atoms with van der Waals surface area (Å²) in [5.41, 5.74) is 0. The lowest BCUT2D eigenvalue weighted by Gasteiger charge is -2.33. The Morgan fingerprint density at radius 1 is 1.27 bits per heavy atom. The first-order valence-electron chi connectivity index (χ1n) is 8.72.